The molecule has 0 radical (unpaired) electrons. The molecule has 0 saturated carbocycles. The minimum atomic E-state index is 0.973. The predicted molar refractivity (Wildman–Crippen MR) is 60.4 cm³/mol. The van der Waals surface area contributed by atoms with Crippen molar-refractivity contribution in [3.8, 4) is 0 Å². The van der Waals surface area contributed by atoms with Crippen LogP contribution in [0, 0.1) is 13.8 Å². The third-order valence-corrected chi connectivity index (χ3v) is 1.81. The average molecular weight is 188 g/mol. The van der Waals surface area contributed by atoms with Crippen LogP contribution in [0.3, 0.4) is 0 Å². The molecule has 0 aromatic carbocycles. The minimum absolute atomic E-state index is 0.973. The summed E-state index contributed by atoms with van der Waals surface area (Å²) in [4.78, 5) is 8.56. The van der Waals surface area contributed by atoms with Crippen LogP contribution in [0.25, 0.3) is 11.0 Å². The van der Waals surface area contributed by atoms with E-state index in [1.807, 2.05) is 52.2 Å². The van der Waals surface area contributed by atoms with Gasteiger partial charge in [0.2, 0.25) is 0 Å². The van der Waals surface area contributed by atoms with Gasteiger partial charge in [0.05, 0.1) is 11.0 Å². The quantitative estimate of drug-likeness (QED) is 0.634. The van der Waals surface area contributed by atoms with Crippen LogP contribution in [0.4, 0.5) is 0 Å². The molecule has 0 bridgehead atoms. The zero-order valence-electron chi connectivity index (χ0n) is 9.20. The van der Waals surface area contributed by atoms with Gasteiger partial charge in [-0.3, -0.25) is 9.97 Å². The molecular weight excluding hydrogens is 172 g/mol. The van der Waals surface area contributed by atoms with Gasteiger partial charge in [-0.25, -0.2) is 0 Å². The van der Waals surface area contributed by atoms with Crippen molar-refractivity contribution in [3.63, 3.8) is 0 Å². The van der Waals surface area contributed by atoms with Gasteiger partial charge in [0.25, 0.3) is 0 Å². The second kappa shape index (κ2) is 4.70. The number of rotatable bonds is 0. The highest BCUT2D eigenvalue weighted by molar-refractivity contribution is 5.74. The summed E-state index contributed by atoms with van der Waals surface area (Å²) >= 11 is 0. The Hall–Kier alpha value is -1.44. The van der Waals surface area contributed by atoms with Crippen molar-refractivity contribution in [2.75, 3.05) is 0 Å². The van der Waals surface area contributed by atoms with Crippen molar-refractivity contribution in [1.82, 2.24) is 9.97 Å². The molecule has 2 heteroatoms. The summed E-state index contributed by atoms with van der Waals surface area (Å²) < 4.78 is 0. The lowest BCUT2D eigenvalue weighted by Crippen LogP contribution is -1.85. The van der Waals surface area contributed by atoms with Crippen molar-refractivity contribution in [2.24, 2.45) is 0 Å². The molecule has 0 aliphatic heterocycles. The molecule has 0 aliphatic rings. The van der Waals surface area contributed by atoms with Gasteiger partial charge in [0.1, 0.15) is 0 Å². The molecule has 2 aromatic rings. The lowest BCUT2D eigenvalue weighted by Gasteiger charge is -1.98. The molecule has 0 aliphatic carbocycles. The predicted octanol–water partition coefficient (Wildman–Crippen LogP) is 3.27. The molecule has 0 saturated heterocycles. The summed E-state index contributed by atoms with van der Waals surface area (Å²) in [6, 6.07) is 4.09. The third-order valence-electron chi connectivity index (χ3n) is 1.81. The van der Waals surface area contributed by atoms with Crippen molar-refractivity contribution < 1.29 is 0 Å². The molecule has 0 spiro atoms. The Balaban J connectivity index is 0.000000461. The second-order valence-electron chi connectivity index (χ2n) is 3.06. The van der Waals surface area contributed by atoms with Gasteiger partial charge in [-0.2, -0.15) is 0 Å². The highest BCUT2D eigenvalue weighted by atomic mass is 14.7. The molecule has 0 fully saturated rings. The fourth-order valence-electron chi connectivity index (χ4n) is 1.20. The van der Waals surface area contributed by atoms with E-state index in [1.54, 1.807) is 0 Å². The Kier molecular flexibility index (Phi) is 3.57. The highest BCUT2D eigenvalue weighted by Gasteiger charge is 1.95. The molecule has 0 N–H and O–H groups in total. The number of hydrogen-bond donors (Lipinski definition) is 0. The van der Waals surface area contributed by atoms with E-state index in [0.29, 0.717) is 0 Å². The Morgan fingerprint density at radius 2 is 1.14 bits per heavy atom. The smallest absolute Gasteiger partial charge is 0.0889 e. The van der Waals surface area contributed by atoms with Crippen LogP contribution in [0.15, 0.2) is 24.5 Å². The molecule has 0 atom stereocenters. The van der Waals surface area contributed by atoms with Crippen molar-refractivity contribution in [1.29, 1.82) is 0 Å². The van der Waals surface area contributed by atoms with Crippen LogP contribution in [-0.2, 0) is 0 Å². The summed E-state index contributed by atoms with van der Waals surface area (Å²) in [6.07, 6.45) is 3.73. The van der Waals surface area contributed by atoms with E-state index in [4.69, 9.17) is 0 Å². The lowest BCUT2D eigenvalue weighted by atomic mass is 10.2. The molecule has 0 amide bonds. The second-order valence-corrected chi connectivity index (χ2v) is 3.06. The maximum absolute atomic E-state index is 4.28. The zero-order valence-corrected chi connectivity index (χ0v) is 9.20. The summed E-state index contributed by atoms with van der Waals surface area (Å²) in [5, 5.41) is 0. The molecule has 2 aromatic heterocycles. The van der Waals surface area contributed by atoms with Gasteiger partial charge in [-0.05, 0) is 37.1 Å². The number of hydrogen-bond acceptors (Lipinski definition) is 2. The van der Waals surface area contributed by atoms with Gasteiger partial charge in [-0.1, -0.05) is 13.8 Å². The first kappa shape index (κ1) is 10.6. The molecular formula is C12H16N2. The van der Waals surface area contributed by atoms with Crippen LogP contribution in [0.5, 0.6) is 0 Å². The first-order chi connectivity index (χ1) is 6.75. The monoisotopic (exact) mass is 188 g/mol. The largest absolute Gasteiger partial charge is 0.254 e. The van der Waals surface area contributed by atoms with Crippen molar-refractivity contribution >= 4 is 11.0 Å². The van der Waals surface area contributed by atoms with Crippen molar-refractivity contribution in [2.45, 2.75) is 27.7 Å². The Morgan fingerprint density at radius 1 is 0.786 bits per heavy atom. The Bertz CT molecular complexity index is 380. The maximum atomic E-state index is 4.28. The summed E-state index contributed by atoms with van der Waals surface area (Å²) in [7, 11) is 0. The van der Waals surface area contributed by atoms with Gasteiger partial charge in [0.15, 0.2) is 0 Å². The number of fused-ring (bicyclic) bond motifs is 1. The van der Waals surface area contributed by atoms with E-state index >= 15 is 0 Å². The lowest BCUT2D eigenvalue weighted by molar-refractivity contribution is 1.26. The van der Waals surface area contributed by atoms with E-state index in [9.17, 15) is 0 Å². The molecule has 2 nitrogen and oxygen atoms in total. The van der Waals surface area contributed by atoms with Crippen LogP contribution in [-0.4, -0.2) is 9.97 Å². The Morgan fingerprint density at radius 3 is 1.50 bits per heavy atom. The van der Waals surface area contributed by atoms with Crippen LogP contribution >= 0.6 is 0 Å². The summed E-state index contributed by atoms with van der Waals surface area (Å²) in [5.74, 6) is 0. The topological polar surface area (TPSA) is 25.8 Å². The number of aromatic nitrogens is 2. The third kappa shape index (κ3) is 2.28. The number of aryl methyl sites for hydroxylation is 2. The maximum Gasteiger partial charge on any atom is 0.0889 e. The molecule has 2 rings (SSSR count). The average Bonchev–Trinajstić information content (AvgIpc) is 2.21. The minimum Gasteiger partial charge on any atom is -0.254 e. The van der Waals surface area contributed by atoms with E-state index in [0.717, 1.165) is 22.2 Å². The van der Waals surface area contributed by atoms with E-state index in [1.165, 1.54) is 0 Å². The SMILES string of the molecule is CC.Cc1cnc2cc(C)cnc2c1. The molecule has 2 heterocycles. The summed E-state index contributed by atoms with van der Waals surface area (Å²) in [6.45, 7) is 8.04. The highest BCUT2D eigenvalue weighted by Crippen LogP contribution is 2.10. The fraction of sp³-hybridized carbons (Fsp3) is 0.333. The summed E-state index contributed by atoms with van der Waals surface area (Å²) in [5.41, 5.74) is 4.25. The van der Waals surface area contributed by atoms with Crippen LogP contribution < -0.4 is 0 Å². The van der Waals surface area contributed by atoms with Crippen LogP contribution in [0.2, 0.25) is 0 Å². The standard InChI is InChI=1S/C10H10N2.C2H6/c1-7-3-9-10(11-5-7)4-8(2)6-12-9;1-2/h3-6H,1-2H3;1-2H3. The fourth-order valence-corrected chi connectivity index (χ4v) is 1.20. The van der Waals surface area contributed by atoms with E-state index in [-0.39, 0.29) is 0 Å². The normalized spacial score (nSPS) is 9.43. The molecule has 14 heavy (non-hydrogen) atoms. The van der Waals surface area contributed by atoms with Crippen LogP contribution in [0.1, 0.15) is 25.0 Å². The number of nitrogens with zero attached hydrogens (tertiary/aromatic N) is 2. The van der Waals surface area contributed by atoms with Crippen molar-refractivity contribution in [3.05, 3.63) is 35.7 Å². The van der Waals surface area contributed by atoms with E-state index < -0.39 is 0 Å². The molecule has 74 valence electrons. The first-order valence-corrected chi connectivity index (χ1v) is 4.95. The first-order valence-electron chi connectivity index (χ1n) is 4.95. The van der Waals surface area contributed by atoms with Gasteiger partial charge in [-0.15, -0.1) is 0 Å². The van der Waals surface area contributed by atoms with Gasteiger partial charge >= 0.3 is 0 Å². The molecule has 0 unspecified atom stereocenters. The zero-order chi connectivity index (χ0) is 10.6. The number of pyridine rings is 2. The van der Waals surface area contributed by atoms with Gasteiger partial charge in [0, 0.05) is 12.4 Å². The Labute approximate surface area is 85.0 Å². The van der Waals surface area contributed by atoms with E-state index in [2.05, 4.69) is 9.97 Å². The van der Waals surface area contributed by atoms with Gasteiger partial charge < -0.3 is 0 Å².